The van der Waals surface area contributed by atoms with Crippen molar-refractivity contribution in [3.63, 3.8) is 0 Å². The average Bonchev–Trinajstić information content (AvgIpc) is 3.18. The van der Waals surface area contributed by atoms with Gasteiger partial charge in [0.2, 0.25) is 5.78 Å². The van der Waals surface area contributed by atoms with Crippen LogP contribution in [0, 0.1) is 0 Å². The Labute approximate surface area is 180 Å². The molecule has 2 heterocycles. The Kier molecular flexibility index (Phi) is 6.06. The number of likely N-dealkylation sites (tertiary alicyclic amines) is 1. The van der Waals surface area contributed by atoms with Crippen LogP contribution >= 0.6 is 11.8 Å². The molecule has 4 rings (SSSR count). The number of nitrogens with zero attached hydrogens (tertiary/aromatic N) is 1. The van der Waals surface area contributed by atoms with Crippen LogP contribution in [0.2, 0.25) is 0 Å². The number of ketones is 1. The molecule has 154 valence electrons. The fourth-order valence-corrected chi connectivity index (χ4v) is 5.17. The maximum atomic E-state index is 12.7. The zero-order valence-electron chi connectivity index (χ0n) is 16.6. The van der Waals surface area contributed by atoms with Crippen LogP contribution in [-0.2, 0) is 15.3 Å². The number of aliphatic hydroxyl groups excluding tert-OH is 1. The van der Waals surface area contributed by atoms with Gasteiger partial charge in [-0.3, -0.25) is 14.9 Å². The molecule has 0 spiro atoms. The van der Waals surface area contributed by atoms with Gasteiger partial charge in [-0.2, -0.15) is 0 Å². The Balaban J connectivity index is 1.64. The Morgan fingerprint density at radius 3 is 2.67 bits per heavy atom. The van der Waals surface area contributed by atoms with Gasteiger partial charge in [-0.15, -0.1) is 11.8 Å². The molecule has 2 aromatic rings. The third kappa shape index (κ3) is 4.06. The van der Waals surface area contributed by atoms with Crippen molar-refractivity contribution in [2.45, 2.75) is 35.7 Å². The minimum absolute atomic E-state index is 0.0433. The molecule has 30 heavy (non-hydrogen) atoms. The second-order valence-electron chi connectivity index (χ2n) is 7.41. The van der Waals surface area contributed by atoms with E-state index in [0.717, 1.165) is 30.7 Å². The lowest BCUT2D eigenvalue weighted by Gasteiger charge is -2.30. The van der Waals surface area contributed by atoms with Gasteiger partial charge < -0.3 is 10.0 Å². The zero-order valence-corrected chi connectivity index (χ0v) is 17.4. The summed E-state index contributed by atoms with van der Waals surface area (Å²) in [7, 11) is 0. The molecule has 5 nitrogen and oxygen atoms in total. The van der Waals surface area contributed by atoms with Crippen LogP contribution in [-0.4, -0.2) is 34.4 Å². The highest BCUT2D eigenvalue weighted by atomic mass is 32.2. The van der Waals surface area contributed by atoms with E-state index >= 15 is 0 Å². The molecule has 2 aliphatic rings. The SMILES string of the molecule is C=CC(=O)/C(O)=C/C(=O)N1CCCC1NC1c2ccccc2CSc2ccccc21. The molecule has 0 aliphatic carbocycles. The second kappa shape index (κ2) is 8.90. The minimum Gasteiger partial charge on any atom is -0.504 e. The van der Waals surface area contributed by atoms with Gasteiger partial charge in [0.05, 0.1) is 12.2 Å². The van der Waals surface area contributed by atoms with Gasteiger partial charge in [0.25, 0.3) is 5.91 Å². The molecule has 1 amide bonds. The molecule has 0 saturated carbocycles. The molecular formula is C24H24N2O3S. The molecule has 0 aromatic heterocycles. The lowest BCUT2D eigenvalue weighted by atomic mass is 9.94. The number of hydrogen-bond acceptors (Lipinski definition) is 5. The summed E-state index contributed by atoms with van der Waals surface area (Å²) < 4.78 is 0. The molecule has 6 heteroatoms. The first-order chi connectivity index (χ1) is 14.6. The number of nitrogens with one attached hydrogen (secondary N) is 1. The summed E-state index contributed by atoms with van der Waals surface area (Å²) in [5, 5.41) is 13.5. The number of hydrogen-bond donors (Lipinski definition) is 2. The van der Waals surface area contributed by atoms with Crippen LogP contribution < -0.4 is 5.32 Å². The van der Waals surface area contributed by atoms with Crippen LogP contribution in [0.25, 0.3) is 0 Å². The number of benzene rings is 2. The fraction of sp³-hybridized carbons (Fsp3) is 0.250. The van der Waals surface area contributed by atoms with Crippen LogP contribution in [0.15, 0.2) is 77.9 Å². The van der Waals surface area contributed by atoms with Crippen molar-refractivity contribution in [3.05, 3.63) is 89.7 Å². The molecule has 2 aromatic carbocycles. The molecule has 2 aliphatic heterocycles. The number of amides is 1. The van der Waals surface area contributed by atoms with Gasteiger partial charge in [0.15, 0.2) is 5.76 Å². The lowest BCUT2D eigenvalue weighted by Crippen LogP contribution is -2.46. The van der Waals surface area contributed by atoms with Crippen molar-refractivity contribution >= 4 is 23.5 Å². The van der Waals surface area contributed by atoms with Gasteiger partial charge in [0, 0.05) is 23.3 Å². The summed E-state index contributed by atoms with van der Waals surface area (Å²) in [5.74, 6) is -0.709. The van der Waals surface area contributed by atoms with E-state index in [1.807, 2.05) is 23.9 Å². The lowest BCUT2D eigenvalue weighted by molar-refractivity contribution is -0.128. The summed E-state index contributed by atoms with van der Waals surface area (Å²) in [6, 6.07) is 16.7. The quantitative estimate of drug-likeness (QED) is 0.563. The number of fused-ring (bicyclic) bond motifs is 2. The third-order valence-corrected chi connectivity index (χ3v) is 6.71. The first kappa shape index (κ1) is 20.4. The van der Waals surface area contributed by atoms with E-state index in [0.29, 0.717) is 6.54 Å². The van der Waals surface area contributed by atoms with Crippen molar-refractivity contribution in [1.82, 2.24) is 10.2 Å². The standard InChI is InChI=1S/C24H24N2O3S/c1-2-19(27)20(28)14-23(29)26-13-7-12-22(26)25-24-17-9-4-3-8-16(17)15-30-21-11-6-5-10-18(21)24/h2-6,8-11,14,22,24-25,28H,1,7,12-13,15H2/b20-14-. The first-order valence-corrected chi connectivity index (χ1v) is 11.0. The smallest absolute Gasteiger partial charge is 0.251 e. The van der Waals surface area contributed by atoms with Crippen molar-refractivity contribution in [3.8, 4) is 0 Å². The normalized spacial score (nSPS) is 20.8. The fourth-order valence-electron chi connectivity index (χ4n) is 4.07. The highest BCUT2D eigenvalue weighted by Gasteiger charge is 2.33. The number of carbonyl (C=O) groups excluding carboxylic acids is 2. The number of rotatable bonds is 5. The molecule has 0 radical (unpaired) electrons. The number of aliphatic hydroxyl groups is 1. The Bertz CT molecular complexity index is 970. The van der Waals surface area contributed by atoms with Crippen LogP contribution in [0.5, 0.6) is 0 Å². The second-order valence-corrected chi connectivity index (χ2v) is 8.43. The van der Waals surface area contributed by atoms with Gasteiger partial charge >= 0.3 is 0 Å². The minimum atomic E-state index is -0.657. The first-order valence-electron chi connectivity index (χ1n) is 10.0. The zero-order chi connectivity index (χ0) is 21.1. The molecular weight excluding hydrogens is 396 g/mol. The van der Waals surface area contributed by atoms with E-state index in [1.165, 1.54) is 21.6 Å². The number of thioether (sulfide) groups is 1. The largest absolute Gasteiger partial charge is 0.504 e. The maximum absolute atomic E-state index is 12.7. The van der Waals surface area contributed by atoms with Gasteiger partial charge in [-0.25, -0.2) is 0 Å². The topological polar surface area (TPSA) is 69.6 Å². The van der Waals surface area contributed by atoms with E-state index in [2.05, 4.69) is 48.3 Å². The number of allylic oxidation sites excluding steroid dienone is 1. The van der Waals surface area contributed by atoms with Crippen LogP contribution in [0.1, 0.15) is 35.6 Å². The highest BCUT2D eigenvalue weighted by molar-refractivity contribution is 7.98. The van der Waals surface area contributed by atoms with Gasteiger partial charge in [0.1, 0.15) is 0 Å². The predicted octanol–water partition coefficient (Wildman–Crippen LogP) is 4.12. The Hall–Kier alpha value is -2.83. The van der Waals surface area contributed by atoms with E-state index in [1.54, 1.807) is 4.90 Å². The van der Waals surface area contributed by atoms with Gasteiger partial charge in [-0.1, -0.05) is 49.0 Å². The van der Waals surface area contributed by atoms with Gasteiger partial charge in [-0.05, 0) is 41.7 Å². The molecule has 0 bridgehead atoms. The molecule has 2 unspecified atom stereocenters. The summed E-state index contributed by atoms with van der Waals surface area (Å²) in [6.45, 7) is 3.92. The monoisotopic (exact) mass is 420 g/mol. The molecule has 2 N–H and O–H groups in total. The van der Waals surface area contributed by atoms with E-state index in [-0.39, 0.29) is 18.1 Å². The number of carbonyl (C=O) groups is 2. The summed E-state index contributed by atoms with van der Waals surface area (Å²) in [4.78, 5) is 27.2. The van der Waals surface area contributed by atoms with Crippen molar-refractivity contribution in [2.24, 2.45) is 0 Å². The maximum Gasteiger partial charge on any atom is 0.251 e. The Morgan fingerprint density at radius 2 is 1.87 bits per heavy atom. The van der Waals surface area contributed by atoms with E-state index < -0.39 is 11.5 Å². The van der Waals surface area contributed by atoms with E-state index in [4.69, 9.17) is 0 Å². The summed E-state index contributed by atoms with van der Waals surface area (Å²) >= 11 is 1.83. The molecule has 2 atom stereocenters. The van der Waals surface area contributed by atoms with E-state index in [9.17, 15) is 14.7 Å². The molecule has 1 saturated heterocycles. The van der Waals surface area contributed by atoms with Crippen LogP contribution in [0.3, 0.4) is 0 Å². The average molecular weight is 421 g/mol. The third-order valence-electron chi connectivity index (χ3n) is 5.57. The van der Waals surface area contributed by atoms with Crippen molar-refractivity contribution < 1.29 is 14.7 Å². The van der Waals surface area contributed by atoms with Crippen LogP contribution in [0.4, 0.5) is 0 Å². The highest BCUT2D eigenvalue weighted by Crippen LogP contribution is 2.40. The summed E-state index contributed by atoms with van der Waals surface area (Å²) in [5.41, 5.74) is 3.70. The Morgan fingerprint density at radius 1 is 1.13 bits per heavy atom. The van der Waals surface area contributed by atoms with Crippen molar-refractivity contribution in [1.29, 1.82) is 0 Å². The van der Waals surface area contributed by atoms with Crippen molar-refractivity contribution in [2.75, 3.05) is 6.54 Å². The summed E-state index contributed by atoms with van der Waals surface area (Å²) in [6.07, 6.45) is 3.47. The molecule has 1 fully saturated rings. The predicted molar refractivity (Wildman–Crippen MR) is 118 cm³/mol.